The fourth-order valence-corrected chi connectivity index (χ4v) is 2.32. The molecule has 14 heavy (non-hydrogen) atoms. The number of hydrogen-bond acceptors (Lipinski definition) is 3. The Morgan fingerprint density at radius 3 is 2.93 bits per heavy atom. The summed E-state index contributed by atoms with van der Waals surface area (Å²) in [5, 5.41) is 0. The Labute approximate surface area is 91.7 Å². The fourth-order valence-electron chi connectivity index (χ4n) is 1.86. The molecule has 0 radical (unpaired) electrons. The van der Waals surface area contributed by atoms with Crippen LogP contribution in [-0.2, 0) is 4.74 Å². The highest BCUT2D eigenvalue weighted by molar-refractivity contribution is 9.10. The van der Waals surface area contributed by atoms with Crippen LogP contribution < -0.4 is 5.73 Å². The molecular formula is C10H14BrNO2. The van der Waals surface area contributed by atoms with E-state index in [1.54, 1.807) is 6.26 Å². The third-order valence-electron chi connectivity index (χ3n) is 2.68. The normalized spacial score (nSPS) is 29.4. The Morgan fingerprint density at radius 1 is 1.64 bits per heavy atom. The minimum absolute atomic E-state index is 0.0654. The quantitative estimate of drug-likeness (QED) is 0.888. The van der Waals surface area contributed by atoms with E-state index in [-0.39, 0.29) is 6.04 Å². The van der Waals surface area contributed by atoms with Crippen LogP contribution in [0, 0.1) is 5.92 Å². The van der Waals surface area contributed by atoms with Crippen LogP contribution in [0.1, 0.15) is 25.1 Å². The van der Waals surface area contributed by atoms with Gasteiger partial charge in [0.1, 0.15) is 5.76 Å². The summed E-state index contributed by atoms with van der Waals surface area (Å²) in [5.41, 5.74) is 6.10. The Kier molecular flexibility index (Phi) is 2.95. The molecule has 2 rings (SSSR count). The summed E-state index contributed by atoms with van der Waals surface area (Å²) < 4.78 is 11.8. The summed E-state index contributed by atoms with van der Waals surface area (Å²) in [7, 11) is 0. The Bertz CT molecular complexity index is 313. The summed E-state index contributed by atoms with van der Waals surface area (Å²) in [6, 6.07) is 1.80. The standard InChI is InChI=1S/C10H14BrNO2/c1-6-4-7(5-14-6)9(12)10-8(11)2-3-13-10/h2-3,6-7,9H,4-5,12H2,1H3. The first-order valence-electron chi connectivity index (χ1n) is 4.78. The molecule has 1 aliphatic rings. The summed E-state index contributed by atoms with van der Waals surface area (Å²) in [6.07, 6.45) is 2.98. The van der Waals surface area contributed by atoms with Gasteiger partial charge in [-0.25, -0.2) is 0 Å². The summed E-state index contributed by atoms with van der Waals surface area (Å²) in [6.45, 7) is 2.80. The van der Waals surface area contributed by atoms with E-state index in [1.807, 2.05) is 6.07 Å². The molecule has 0 aliphatic carbocycles. The molecule has 1 fully saturated rings. The van der Waals surface area contributed by atoms with E-state index >= 15 is 0 Å². The smallest absolute Gasteiger partial charge is 0.134 e. The van der Waals surface area contributed by atoms with Crippen LogP contribution in [0.3, 0.4) is 0 Å². The third kappa shape index (κ3) is 1.87. The molecule has 4 heteroatoms. The number of ether oxygens (including phenoxy) is 1. The lowest BCUT2D eigenvalue weighted by Gasteiger charge is -2.15. The van der Waals surface area contributed by atoms with Gasteiger partial charge in [0, 0.05) is 5.92 Å². The monoisotopic (exact) mass is 259 g/mol. The Balaban J connectivity index is 2.09. The van der Waals surface area contributed by atoms with E-state index in [9.17, 15) is 0 Å². The maximum Gasteiger partial charge on any atom is 0.134 e. The molecule has 0 amide bonds. The fraction of sp³-hybridized carbons (Fsp3) is 0.600. The molecule has 0 spiro atoms. The predicted molar refractivity (Wildman–Crippen MR) is 56.9 cm³/mol. The molecule has 1 aliphatic heterocycles. The molecule has 2 heterocycles. The number of halogens is 1. The van der Waals surface area contributed by atoms with Gasteiger partial charge in [-0.3, -0.25) is 0 Å². The zero-order valence-corrected chi connectivity index (χ0v) is 9.66. The molecule has 0 saturated carbocycles. The van der Waals surface area contributed by atoms with Gasteiger partial charge >= 0.3 is 0 Å². The Hall–Kier alpha value is -0.320. The highest BCUT2D eigenvalue weighted by Gasteiger charge is 2.30. The van der Waals surface area contributed by atoms with Gasteiger partial charge in [-0.15, -0.1) is 0 Å². The average Bonchev–Trinajstić information content (AvgIpc) is 2.73. The van der Waals surface area contributed by atoms with Crippen LogP contribution in [0.15, 0.2) is 21.2 Å². The first-order valence-corrected chi connectivity index (χ1v) is 5.58. The van der Waals surface area contributed by atoms with Crippen molar-refractivity contribution in [1.82, 2.24) is 0 Å². The molecule has 3 unspecified atom stereocenters. The summed E-state index contributed by atoms with van der Waals surface area (Å²) >= 11 is 3.41. The van der Waals surface area contributed by atoms with Crippen LogP contribution in [0.2, 0.25) is 0 Å². The van der Waals surface area contributed by atoms with E-state index in [1.165, 1.54) is 0 Å². The minimum atomic E-state index is -0.0654. The number of furan rings is 1. The van der Waals surface area contributed by atoms with Gasteiger partial charge in [0.2, 0.25) is 0 Å². The Morgan fingerprint density at radius 2 is 2.43 bits per heavy atom. The molecule has 3 nitrogen and oxygen atoms in total. The highest BCUT2D eigenvalue weighted by atomic mass is 79.9. The number of rotatable bonds is 2. The summed E-state index contributed by atoms with van der Waals surface area (Å²) in [4.78, 5) is 0. The van der Waals surface area contributed by atoms with E-state index in [0.717, 1.165) is 23.3 Å². The van der Waals surface area contributed by atoms with Gasteiger partial charge in [-0.2, -0.15) is 0 Å². The SMILES string of the molecule is CC1CC(C(N)c2occc2Br)CO1. The second-order valence-corrected chi connectivity index (χ2v) is 4.65. The van der Waals surface area contributed by atoms with Crippen molar-refractivity contribution in [1.29, 1.82) is 0 Å². The molecule has 0 aromatic carbocycles. The van der Waals surface area contributed by atoms with E-state index in [2.05, 4.69) is 22.9 Å². The maximum absolute atomic E-state index is 6.10. The second-order valence-electron chi connectivity index (χ2n) is 3.80. The molecule has 1 aromatic heterocycles. The van der Waals surface area contributed by atoms with Gasteiger partial charge in [-0.05, 0) is 35.3 Å². The van der Waals surface area contributed by atoms with E-state index < -0.39 is 0 Å². The second kappa shape index (κ2) is 4.04. The van der Waals surface area contributed by atoms with E-state index in [4.69, 9.17) is 14.9 Å². The highest BCUT2D eigenvalue weighted by Crippen LogP contribution is 2.33. The topological polar surface area (TPSA) is 48.4 Å². The van der Waals surface area contributed by atoms with Crippen molar-refractivity contribution in [2.24, 2.45) is 11.7 Å². The number of hydrogen-bond donors (Lipinski definition) is 1. The van der Waals surface area contributed by atoms with Gasteiger partial charge in [0.15, 0.2) is 0 Å². The molecule has 2 N–H and O–H groups in total. The van der Waals surface area contributed by atoms with Crippen LogP contribution in [0.5, 0.6) is 0 Å². The first-order chi connectivity index (χ1) is 6.68. The van der Waals surface area contributed by atoms with Gasteiger partial charge in [-0.1, -0.05) is 0 Å². The number of nitrogens with two attached hydrogens (primary N) is 1. The molecule has 3 atom stereocenters. The van der Waals surface area contributed by atoms with Crippen LogP contribution in [0.25, 0.3) is 0 Å². The average molecular weight is 260 g/mol. The van der Waals surface area contributed by atoms with Crippen molar-refractivity contribution >= 4 is 15.9 Å². The van der Waals surface area contributed by atoms with Crippen molar-refractivity contribution in [3.8, 4) is 0 Å². The lowest BCUT2D eigenvalue weighted by atomic mass is 9.96. The third-order valence-corrected chi connectivity index (χ3v) is 3.34. The van der Waals surface area contributed by atoms with Crippen molar-refractivity contribution in [3.05, 3.63) is 22.6 Å². The molecule has 0 bridgehead atoms. The van der Waals surface area contributed by atoms with Gasteiger partial charge < -0.3 is 14.9 Å². The molecule has 78 valence electrons. The molecule has 1 aromatic rings. The largest absolute Gasteiger partial charge is 0.466 e. The van der Waals surface area contributed by atoms with Crippen molar-refractivity contribution < 1.29 is 9.15 Å². The zero-order chi connectivity index (χ0) is 10.1. The minimum Gasteiger partial charge on any atom is -0.466 e. The lowest BCUT2D eigenvalue weighted by molar-refractivity contribution is 0.117. The van der Waals surface area contributed by atoms with Crippen molar-refractivity contribution in [2.45, 2.75) is 25.5 Å². The van der Waals surface area contributed by atoms with E-state index in [0.29, 0.717) is 12.0 Å². The molecule has 1 saturated heterocycles. The van der Waals surface area contributed by atoms with Crippen LogP contribution in [-0.4, -0.2) is 12.7 Å². The van der Waals surface area contributed by atoms with Crippen molar-refractivity contribution in [3.63, 3.8) is 0 Å². The maximum atomic E-state index is 6.10. The van der Waals surface area contributed by atoms with Crippen LogP contribution >= 0.6 is 15.9 Å². The predicted octanol–water partition coefficient (Wildman–Crippen LogP) is 2.47. The van der Waals surface area contributed by atoms with Gasteiger partial charge in [0.05, 0.1) is 29.5 Å². The van der Waals surface area contributed by atoms with Crippen molar-refractivity contribution in [2.75, 3.05) is 6.61 Å². The lowest BCUT2D eigenvalue weighted by Crippen LogP contribution is -2.21. The first kappa shape index (κ1) is 10.2. The van der Waals surface area contributed by atoms with Gasteiger partial charge in [0.25, 0.3) is 0 Å². The van der Waals surface area contributed by atoms with Crippen LogP contribution in [0.4, 0.5) is 0 Å². The molecular weight excluding hydrogens is 246 g/mol. The summed E-state index contributed by atoms with van der Waals surface area (Å²) in [5.74, 6) is 1.19. The zero-order valence-electron chi connectivity index (χ0n) is 8.07.